The SMILES string of the molecule is CC(=O)N(C)C1COC(CO)C2OC21. The van der Waals surface area contributed by atoms with E-state index in [0.717, 1.165) is 0 Å². The zero-order chi connectivity index (χ0) is 10.3. The van der Waals surface area contributed by atoms with Crippen LogP contribution in [0.1, 0.15) is 6.92 Å². The number of epoxide rings is 1. The fourth-order valence-electron chi connectivity index (χ4n) is 1.88. The smallest absolute Gasteiger partial charge is 0.219 e. The van der Waals surface area contributed by atoms with Crippen molar-refractivity contribution < 1.29 is 19.4 Å². The third kappa shape index (κ3) is 1.51. The van der Waals surface area contributed by atoms with Gasteiger partial charge in [0.1, 0.15) is 18.3 Å². The Morgan fingerprint density at radius 2 is 2.29 bits per heavy atom. The Balaban J connectivity index is 1.96. The predicted octanol–water partition coefficient (Wildman–Crippen LogP) is -1.01. The molecule has 2 aliphatic rings. The van der Waals surface area contributed by atoms with Gasteiger partial charge in [0, 0.05) is 14.0 Å². The van der Waals surface area contributed by atoms with Crippen LogP contribution in [0.2, 0.25) is 0 Å². The summed E-state index contributed by atoms with van der Waals surface area (Å²) in [5.41, 5.74) is 0. The molecular formula is C9H15NO4. The van der Waals surface area contributed by atoms with Gasteiger partial charge in [-0.25, -0.2) is 0 Å². The molecule has 0 aromatic rings. The number of aliphatic hydroxyl groups is 1. The summed E-state index contributed by atoms with van der Waals surface area (Å²) in [7, 11) is 1.74. The quantitative estimate of drug-likeness (QED) is 0.582. The standard InChI is InChI=1S/C9H15NO4/c1-5(12)10(2)6-4-13-7(3-11)9-8(6)14-9/h6-9,11H,3-4H2,1-2H3. The molecule has 1 N–H and O–H groups in total. The number of carbonyl (C=O) groups excluding carboxylic acids is 1. The van der Waals surface area contributed by atoms with Crippen molar-refractivity contribution in [3.05, 3.63) is 0 Å². The number of nitrogens with zero attached hydrogens (tertiary/aromatic N) is 1. The molecule has 4 atom stereocenters. The Kier molecular flexibility index (Phi) is 2.47. The maximum Gasteiger partial charge on any atom is 0.219 e. The van der Waals surface area contributed by atoms with Crippen LogP contribution in [0.15, 0.2) is 0 Å². The second kappa shape index (κ2) is 3.49. The van der Waals surface area contributed by atoms with E-state index in [1.165, 1.54) is 6.92 Å². The molecule has 5 heteroatoms. The van der Waals surface area contributed by atoms with Crippen LogP contribution in [0.3, 0.4) is 0 Å². The summed E-state index contributed by atoms with van der Waals surface area (Å²) < 4.78 is 10.8. The molecule has 2 rings (SSSR count). The average molecular weight is 201 g/mol. The lowest BCUT2D eigenvalue weighted by atomic mass is 10.0. The first-order valence-corrected chi connectivity index (χ1v) is 4.76. The number of aliphatic hydroxyl groups excluding tert-OH is 1. The molecule has 2 saturated heterocycles. The third-order valence-corrected chi connectivity index (χ3v) is 2.96. The molecule has 0 bridgehead atoms. The van der Waals surface area contributed by atoms with E-state index in [4.69, 9.17) is 14.6 Å². The molecule has 0 aromatic carbocycles. The molecule has 2 heterocycles. The van der Waals surface area contributed by atoms with Crippen molar-refractivity contribution in [1.29, 1.82) is 0 Å². The van der Waals surface area contributed by atoms with Gasteiger partial charge in [0.25, 0.3) is 0 Å². The van der Waals surface area contributed by atoms with E-state index in [9.17, 15) is 4.79 Å². The van der Waals surface area contributed by atoms with Crippen LogP contribution in [-0.4, -0.2) is 60.5 Å². The maximum absolute atomic E-state index is 11.1. The molecule has 1 amide bonds. The highest BCUT2D eigenvalue weighted by molar-refractivity contribution is 5.73. The second-order valence-electron chi connectivity index (χ2n) is 3.82. The molecule has 2 aliphatic heterocycles. The van der Waals surface area contributed by atoms with Crippen molar-refractivity contribution >= 4 is 5.91 Å². The van der Waals surface area contributed by atoms with Crippen LogP contribution in [0.5, 0.6) is 0 Å². The summed E-state index contributed by atoms with van der Waals surface area (Å²) in [5, 5.41) is 8.94. The Hall–Kier alpha value is -0.650. The van der Waals surface area contributed by atoms with Gasteiger partial charge in [-0.05, 0) is 0 Å². The van der Waals surface area contributed by atoms with Gasteiger partial charge in [0.05, 0.1) is 19.3 Å². The summed E-state index contributed by atoms with van der Waals surface area (Å²) in [6.07, 6.45) is -0.188. The molecule has 80 valence electrons. The largest absolute Gasteiger partial charge is 0.394 e. The van der Waals surface area contributed by atoms with Gasteiger partial charge in [-0.2, -0.15) is 0 Å². The minimum Gasteiger partial charge on any atom is -0.394 e. The first kappa shape index (κ1) is 9.89. The zero-order valence-electron chi connectivity index (χ0n) is 8.34. The number of hydrogen-bond donors (Lipinski definition) is 1. The summed E-state index contributed by atoms with van der Waals surface area (Å²) in [4.78, 5) is 12.8. The molecule has 0 aliphatic carbocycles. The van der Waals surface area contributed by atoms with Crippen molar-refractivity contribution in [3.63, 3.8) is 0 Å². The Morgan fingerprint density at radius 1 is 1.57 bits per heavy atom. The van der Waals surface area contributed by atoms with E-state index in [1.54, 1.807) is 11.9 Å². The highest BCUT2D eigenvalue weighted by Crippen LogP contribution is 2.36. The highest BCUT2D eigenvalue weighted by atomic mass is 16.6. The molecule has 2 fully saturated rings. The lowest BCUT2D eigenvalue weighted by molar-refractivity contribution is -0.133. The minimum atomic E-state index is -0.211. The zero-order valence-corrected chi connectivity index (χ0v) is 8.34. The van der Waals surface area contributed by atoms with Crippen LogP contribution in [0.4, 0.5) is 0 Å². The first-order chi connectivity index (χ1) is 6.65. The van der Waals surface area contributed by atoms with E-state index < -0.39 is 0 Å². The van der Waals surface area contributed by atoms with Crippen molar-refractivity contribution in [2.75, 3.05) is 20.3 Å². The van der Waals surface area contributed by atoms with Gasteiger partial charge in [-0.15, -0.1) is 0 Å². The van der Waals surface area contributed by atoms with Crippen molar-refractivity contribution in [2.24, 2.45) is 0 Å². The Labute approximate surface area is 82.6 Å². The Morgan fingerprint density at radius 3 is 2.86 bits per heavy atom. The summed E-state index contributed by atoms with van der Waals surface area (Å²) in [6.45, 7) is 1.95. The van der Waals surface area contributed by atoms with E-state index in [0.29, 0.717) is 6.61 Å². The van der Waals surface area contributed by atoms with E-state index >= 15 is 0 Å². The highest BCUT2D eigenvalue weighted by Gasteiger charge is 2.55. The van der Waals surface area contributed by atoms with Crippen molar-refractivity contribution in [3.8, 4) is 0 Å². The molecule has 5 nitrogen and oxygen atoms in total. The lowest BCUT2D eigenvalue weighted by Crippen LogP contribution is -2.49. The number of likely N-dealkylation sites (N-methyl/N-ethyl adjacent to an activating group) is 1. The molecule has 0 radical (unpaired) electrons. The topological polar surface area (TPSA) is 62.3 Å². The summed E-state index contributed by atoms with van der Waals surface area (Å²) in [5.74, 6) is 0.00954. The number of ether oxygens (including phenoxy) is 2. The molecule has 14 heavy (non-hydrogen) atoms. The Bertz CT molecular complexity index is 245. The van der Waals surface area contributed by atoms with Crippen LogP contribution < -0.4 is 0 Å². The minimum absolute atomic E-state index is 0.000278. The van der Waals surface area contributed by atoms with E-state index in [2.05, 4.69) is 0 Å². The monoisotopic (exact) mass is 201 g/mol. The fraction of sp³-hybridized carbons (Fsp3) is 0.889. The predicted molar refractivity (Wildman–Crippen MR) is 47.7 cm³/mol. The average Bonchev–Trinajstić information content (AvgIpc) is 2.94. The number of hydrogen-bond acceptors (Lipinski definition) is 4. The van der Waals surface area contributed by atoms with Gasteiger partial charge >= 0.3 is 0 Å². The normalized spacial score (nSPS) is 40.2. The van der Waals surface area contributed by atoms with Gasteiger partial charge in [-0.3, -0.25) is 4.79 Å². The van der Waals surface area contributed by atoms with Gasteiger partial charge in [0.15, 0.2) is 0 Å². The molecular weight excluding hydrogens is 186 g/mol. The van der Waals surface area contributed by atoms with E-state index in [-0.39, 0.29) is 36.9 Å². The van der Waals surface area contributed by atoms with Crippen LogP contribution in [-0.2, 0) is 14.3 Å². The van der Waals surface area contributed by atoms with E-state index in [1.807, 2.05) is 0 Å². The number of fused-ring (bicyclic) bond motifs is 1. The maximum atomic E-state index is 11.1. The van der Waals surface area contributed by atoms with Crippen molar-refractivity contribution in [1.82, 2.24) is 4.90 Å². The molecule has 4 unspecified atom stereocenters. The van der Waals surface area contributed by atoms with Crippen LogP contribution in [0.25, 0.3) is 0 Å². The lowest BCUT2D eigenvalue weighted by Gasteiger charge is -2.30. The molecule has 0 saturated carbocycles. The number of rotatable bonds is 2. The fourth-order valence-corrected chi connectivity index (χ4v) is 1.88. The summed E-state index contributed by atoms with van der Waals surface area (Å²) >= 11 is 0. The van der Waals surface area contributed by atoms with Crippen LogP contribution >= 0.6 is 0 Å². The molecule has 0 aromatic heterocycles. The van der Waals surface area contributed by atoms with Gasteiger partial charge in [-0.1, -0.05) is 0 Å². The third-order valence-electron chi connectivity index (χ3n) is 2.96. The number of carbonyl (C=O) groups is 1. The van der Waals surface area contributed by atoms with Crippen molar-refractivity contribution in [2.45, 2.75) is 31.3 Å². The summed E-state index contributed by atoms with van der Waals surface area (Å²) in [6, 6.07) is 0.000278. The second-order valence-corrected chi connectivity index (χ2v) is 3.82. The first-order valence-electron chi connectivity index (χ1n) is 4.76. The van der Waals surface area contributed by atoms with Crippen LogP contribution in [0, 0.1) is 0 Å². The number of amides is 1. The molecule has 0 spiro atoms. The van der Waals surface area contributed by atoms with Gasteiger partial charge < -0.3 is 19.5 Å². The van der Waals surface area contributed by atoms with Gasteiger partial charge in [0.2, 0.25) is 5.91 Å².